The molecule has 0 fully saturated rings. The third kappa shape index (κ3) is 6.53. The van der Waals surface area contributed by atoms with Crippen LogP contribution >= 0.6 is 0 Å². The molecule has 0 amide bonds. The number of aromatic nitrogens is 4. The second kappa shape index (κ2) is 12.5. The Kier molecular flexibility index (Phi) is 10.3. The van der Waals surface area contributed by atoms with Crippen molar-refractivity contribution in [3.05, 3.63) is 41.7 Å². The first-order chi connectivity index (χ1) is 14.1. The molecule has 0 atom stereocenters. The molecule has 8 nitrogen and oxygen atoms in total. The fourth-order valence-electron chi connectivity index (χ4n) is 2.38. The Morgan fingerprint density at radius 3 is 2.31 bits per heavy atom. The predicted molar refractivity (Wildman–Crippen MR) is 115 cm³/mol. The van der Waals surface area contributed by atoms with E-state index in [1.54, 1.807) is 32.5 Å². The van der Waals surface area contributed by atoms with Crippen LogP contribution in [0, 0.1) is 0 Å². The van der Waals surface area contributed by atoms with E-state index in [4.69, 9.17) is 15.2 Å². The van der Waals surface area contributed by atoms with Crippen molar-refractivity contribution in [2.24, 2.45) is 0 Å². The maximum Gasteiger partial charge on any atom is 0.320 e. The first kappa shape index (κ1) is 24.0. The molecule has 158 valence electrons. The highest BCUT2D eigenvalue weighted by atomic mass is 16.5. The number of hydrogen-bond donors (Lipinski definition) is 1. The van der Waals surface area contributed by atoms with E-state index in [-0.39, 0.29) is 17.6 Å². The Hall–Kier alpha value is -3.00. The Labute approximate surface area is 172 Å². The van der Waals surface area contributed by atoms with Crippen LogP contribution in [0.3, 0.4) is 0 Å². The number of nitrogens with zero attached hydrogens (tertiary/aromatic N) is 4. The lowest BCUT2D eigenvalue weighted by Gasteiger charge is -2.07. The zero-order valence-corrected chi connectivity index (χ0v) is 18.1. The van der Waals surface area contributed by atoms with Crippen molar-refractivity contribution in [1.82, 2.24) is 19.5 Å². The minimum atomic E-state index is 0.0398. The summed E-state index contributed by atoms with van der Waals surface area (Å²) in [6, 6.07) is 7.61. The molecule has 0 radical (unpaired) electrons. The van der Waals surface area contributed by atoms with Gasteiger partial charge in [-0.15, -0.1) is 0 Å². The Bertz CT molecular complexity index is 891. The molecule has 0 unspecified atom stereocenters. The highest BCUT2D eigenvalue weighted by Gasteiger charge is 2.12. The molecule has 0 aliphatic heterocycles. The van der Waals surface area contributed by atoms with Gasteiger partial charge in [0.1, 0.15) is 6.61 Å². The lowest BCUT2D eigenvalue weighted by atomic mass is 10.1. The van der Waals surface area contributed by atoms with E-state index < -0.39 is 0 Å². The second-order valence-electron chi connectivity index (χ2n) is 5.53. The Balaban J connectivity index is 0.000000989. The normalized spacial score (nSPS) is 9.86. The number of carbonyl (C=O) groups is 1. The summed E-state index contributed by atoms with van der Waals surface area (Å²) in [5, 5.41) is 0. The zero-order chi connectivity index (χ0) is 21.8. The molecule has 3 rings (SSSR count). The molecular formula is C21H31N5O3. The monoisotopic (exact) mass is 401 g/mol. The molecule has 1 aromatic carbocycles. The number of benzene rings is 1. The van der Waals surface area contributed by atoms with Crippen LogP contribution in [-0.4, -0.2) is 45.6 Å². The number of fused-ring (bicyclic) bond motifs is 1. The minimum absolute atomic E-state index is 0.0398. The maximum atomic E-state index is 11.4. The number of Topliss-reactive ketones (excluding diaryl/α,β-unsaturated/α-hetero) is 1. The van der Waals surface area contributed by atoms with Gasteiger partial charge in [-0.1, -0.05) is 52.0 Å². The number of hydrogen-bond acceptors (Lipinski definition) is 7. The average molecular weight is 402 g/mol. The Morgan fingerprint density at radius 1 is 1.07 bits per heavy atom. The summed E-state index contributed by atoms with van der Waals surface area (Å²) in [4.78, 5) is 24.1. The SMILES string of the molecule is CC.CC.COCCOc1nc(N)c2ncn(Cc3ccc(C(C)=O)cc3)c2n1. The molecule has 2 N–H and O–H groups in total. The van der Waals surface area contributed by atoms with Crippen LogP contribution in [0.5, 0.6) is 6.01 Å². The summed E-state index contributed by atoms with van der Waals surface area (Å²) < 4.78 is 12.2. The fraction of sp³-hybridized carbons (Fsp3) is 0.429. The van der Waals surface area contributed by atoms with Crippen LogP contribution in [-0.2, 0) is 11.3 Å². The lowest BCUT2D eigenvalue weighted by molar-refractivity contribution is 0.101. The highest BCUT2D eigenvalue weighted by Crippen LogP contribution is 2.20. The smallest absolute Gasteiger partial charge is 0.320 e. The molecule has 0 saturated carbocycles. The van der Waals surface area contributed by atoms with Crippen molar-refractivity contribution >= 4 is 22.8 Å². The van der Waals surface area contributed by atoms with Crippen LogP contribution in [0.1, 0.15) is 50.5 Å². The first-order valence-electron chi connectivity index (χ1n) is 9.78. The summed E-state index contributed by atoms with van der Waals surface area (Å²) >= 11 is 0. The summed E-state index contributed by atoms with van der Waals surface area (Å²) in [7, 11) is 1.59. The molecule has 0 aliphatic rings. The first-order valence-corrected chi connectivity index (χ1v) is 9.78. The third-order valence-corrected chi connectivity index (χ3v) is 3.70. The van der Waals surface area contributed by atoms with E-state index in [0.29, 0.717) is 36.5 Å². The topological polar surface area (TPSA) is 105 Å². The number of ketones is 1. The van der Waals surface area contributed by atoms with Crippen molar-refractivity contribution in [3.8, 4) is 6.01 Å². The van der Waals surface area contributed by atoms with Gasteiger partial charge in [-0.3, -0.25) is 4.79 Å². The molecule has 8 heteroatoms. The van der Waals surface area contributed by atoms with Crippen LogP contribution in [0.15, 0.2) is 30.6 Å². The number of carbonyl (C=O) groups excluding carboxylic acids is 1. The van der Waals surface area contributed by atoms with E-state index >= 15 is 0 Å². The van der Waals surface area contributed by atoms with Crippen LogP contribution < -0.4 is 10.5 Å². The number of rotatable bonds is 7. The maximum absolute atomic E-state index is 11.4. The summed E-state index contributed by atoms with van der Waals surface area (Å²) in [5.74, 6) is 0.307. The van der Waals surface area contributed by atoms with Gasteiger partial charge in [-0.05, 0) is 12.5 Å². The van der Waals surface area contributed by atoms with E-state index in [0.717, 1.165) is 5.56 Å². The standard InChI is InChI=1S/C17H19N5O3.2C2H6/c1-11(23)13-5-3-12(4-6-13)9-22-10-19-14-15(18)20-17(21-16(14)22)25-8-7-24-2;2*1-2/h3-6,10H,7-9H2,1-2H3,(H2,18,20,21);2*1-2H3. The van der Waals surface area contributed by atoms with Crippen molar-refractivity contribution in [2.45, 2.75) is 41.2 Å². The molecule has 3 aromatic rings. The van der Waals surface area contributed by atoms with Gasteiger partial charge in [-0.2, -0.15) is 9.97 Å². The van der Waals surface area contributed by atoms with Gasteiger partial charge in [0, 0.05) is 12.7 Å². The van der Waals surface area contributed by atoms with Gasteiger partial charge in [0.15, 0.2) is 22.8 Å². The van der Waals surface area contributed by atoms with Gasteiger partial charge >= 0.3 is 6.01 Å². The van der Waals surface area contributed by atoms with E-state index in [1.165, 1.54) is 0 Å². The lowest BCUT2D eigenvalue weighted by Crippen LogP contribution is -2.09. The summed E-state index contributed by atoms with van der Waals surface area (Å²) in [6.07, 6.45) is 1.66. The van der Waals surface area contributed by atoms with Gasteiger partial charge < -0.3 is 19.8 Å². The average Bonchev–Trinajstić information content (AvgIpc) is 3.15. The van der Waals surface area contributed by atoms with Crippen molar-refractivity contribution < 1.29 is 14.3 Å². The van der Waals surface area contributed by atoms with Gasteiger partial charge in [0.05, 0.1) is 19.5 Å². The van der Waals surface area contributed by atoms with Crippen molar-refractivity contribution in [1.29, 1.82) is 0 Å². The van der Waals surface area contributed by atoms with Gasteiger partial charge in [-0.25, -0.2) is 4.98 Å². The van der Waals surface area contributed by atoms with Crippen LogP contribution in [0.2, 0.25) is 0 Å². The minimum Gasteiger partial charge on any atom is -0.461 e. The molecule has 0 bridgehead atoms. The molecular weight excluding hydrogens is 370 g/mol. The largest absolute Gasteiger partial charge is 0.461 e. The Morgan fingerprint density at radius 2 is 1.72 bits per heavy atom. The van der Waals surface area contributed by atoms with E-state index in [1.807, 2.05) is 44.4 Å². The summed E-state index contributed by atoms with van der Waals surface area (Å²) in [6.45, 7) is 10.9. The quantitative estimate of drug-likeness (QED) is 0.475. The molecule has 0 spiro atoms. The molecule has 29 heavy (non-hydrogen) atoms. The number of nitrogen functional groups attached to an aromatic ring is 1. The number of imidazole rings is 1. The molecule has 2 aromatic heterocycles. The molecule has 0 saturated heterocycles. The van der Waals surface area contributed by atoms with Crippen LogP contribution in [0.25, 0.3) is 11.2 Å². The predicted octanol–water partition coefficient (Wildman–Crippen LogP) is 3.74. The van der Waals surface area contributed by atoms with Gasteiger partial charge in [0.2, 0.25) is 0 Å². The highest BCUT2D eigenvalue weighted by molar-refractivity contribution is 5.94. The fourth-order valence-corrected chi connectivity index (χ4v) is 2.38. The van der Waals surface area contributed by atoms with Gasteiger partial charge in [0.25, 0.3) is 0 Å². The van der Waals surface area contributed by atoms with E-state index in [9.17, 15) is 4.79 Å². The van der Waals surface area contributed by atoms with E-state index in [2.05, 4.69) is 15.0 Å². The molecule has 2 heterocycles. The third-order valence-electron chi connectivity index (χ3n) is 3.70. The van der Waals surface area contributed by atoms with Crippen molar-refractivity contribution in [3.63, 3.8) is 0 Å². The number of anilines is 1. The number of methoxy groups -OCH3 is 1. The second-order valence-corrected chi connectivity index (χ2v) is 5.53. The summed E-state index contributed by atoms with van der Waals surface area (Å²) in [5.41, 5.74) is 8.76. The number of ether oxygens (including phenoxy) is 2. The number of nitrogens with two attached hydrogens (primary N) is 1. The molecule has 0 aliphatic carbocycles. The van der Waals surface area contributed by atoms with Crippen LogP contribution in [0.4, 0.5) is 5.82 Å². The van der Waals surface area contributed by atoms with Crippen molar-refractivity contribution in [2.75, 3.05) is 26.1 Å². The zero-order valence-electron chi connectivity index (χ0n) is 18.1.